The Balaban J connectivity index is 1.42. The molecule has 2 fully saturated rings. The molecule has 2 saturated heterocycles. The lowest BCUT2D eigenvalue weighted by Gasteiger charge is -2.45. The monoisotopic (exact) mass is 593 g/mol. The highest BCUT2D eigenvalue weighted by molar-refractivity contribution is 8.01. The number of aromatic nitrogens is 3. The molecule has 0 spiro atoms. The normalized spacial score (nSPS) is 26.3. The van der Waals surface area contributed by atoms with Gasteiger partial charge < -0.3 is 18.5 Å². The summed E-state index contributed by atoms with van der Waals surface area (Å²) in [5.74, 6) is -0.706. The van der Waals surface area contributed by atoms with E-state index in [1.54, 1.807) is 0 Å². The van der Waals surface area contributed by atoms with E-state index in [4.69, 9.17) is 25.5 Å². The van der Waals surface area contributed by atoms with Crippen molar-refractivity contribution >= 4 is 53.1 Å². The topological polar surface area (TPSA) is 58.4 Å². The zero-order chi connectivity index (χ0) is 28.3. The number of thioether (sulfide) groups is 1. The number of benzene rings is 2. The fraction of sp³-hybridized carbons (Fsp3) is 0.419. The van der Waals surface area contributed by atoms with E-state index in [0.29, 0.717) is 11.8 Å². The Hall–Kier alpha value is -2.20. The van der Waals surface area contributed by atoms with Gasteiger partial charge in [0.05, 0.1) is 16.7 Å². The Kier molecular flexibility index (Phi) is 6.96. The zero-order valence-electron chi connectivity index (χ0n) is 23.8. The van der Waals surface area contributed by atoms with Crippen molar-refractivity contribution in [2.45, 2.75) is 74.7 Å². The number of fused-ring (bicyclic) bond motifs is 2. The first kappa shape index (κ1) is 27.9. The molecular weight excluding hydrogens is 558 g/mol. The van der Waals surface area contributed by atoms with Crippen molar-refractivity contribution in [1.82, 2.24) is 14.5 Å². The molecule has 4 aromatic rings. The SMILES string of the molecule is CC1(C)O[C@H]2[C@H](n3ccc4c(Cl)ncnc43)SC(C)(CO[Si](c3ccccc3)(c3ccccc3)C(C)(C)C)[C@H]2O1. The van der Waals surface area contributed by atoms with E-state index >= 15 is 0 Å². The van der Waals surface area contributed by atoms with Crippen LogP contribution in [0.25, 0.3) is 11.0 Å². The summed E-state index contributed by atoms with van der Waals surface area (Å²) < 4.78 is 22.4. The van der Waals surface area contributed by atoms with Gasteiger partial charge >= 0.3 is 0 Å². The van der Waals surface area contributed by atoms with E-state index in [9.17, 15) is 0 Å². The molecule has 4 atom stereocenters. The van der Waals surface area contributed by atoms with Gasteiger partial charge in [-0.2, -0.15) is 0 Å². The largest absolute Gasteiger partial charge is 0.406 e. The van der Waals surface area contributed by atoms with Gasteiger partial charge in [-0.25, -0.2) is 9.97 Å². The molecule has 0 N–H and O–H groups in total. The second-order valence-corrected chi connectivity index (χ2v) is 18.7. The number of halogens is 1. The molecule has 0 radical (unpaired) electrons. The first-order valence-electron chi connectivity index (χ1n) is 13.7. The van der Waals surface area contributed by atoms with Crippen LogP contribution in [-0.2, 0) is 13.9 Å². The molecule has 2 aromatic heterocycles. The van der Waals surface area contributed by atoms with E-state index in [1.807, 2.05) is 37.9 Å². The van der Waals surface area contributed by atoms with Crippen molar-refractivity contribution in [2.24, 2.45) is 0 Å². The lowest BCUT2D eigenvalue weighted by molar-refractivity contribution is -0.152. The standard InChI is InChI=1S/C31H36ClN3O3SSi/c1-29(2,3)40(21-13-9-7-10-14-21,22-15-11-8-12-16-22)36-19-31(6)25-24(37-30(4,5)38-25)28(39-31)35-18-17-23-26(32)33-20-34-27(23)35/h7-18,20,24-25,28H,19H2,1-6H3/t24-,25+,28-,31?/m1/s1. The van der Waals surface area contributed by atoms with Crippen LogP contribution in [0, 0.1) is 0 Å². The van der Waals surface area contributed by atoms with Crippen LogP contribution in [0.3, 0.4) is 0 Å². The van der Waals surface area contributed by atoms with Gasteiger partial charge in [-0.3, -0.25) is 0 Å². The number of hydrogen-bond donors (Lipinski definition) is 0. The van der Waals surface area contributed by atoms with Gasteiger partial charge in [-0.1, -0.05) is 93.0 Å². The third kappa shape index (κ3) is 4.53. The molecule has 0 aliphatic carbocycles. The van der Waals surface area contributed by atoms with E-state index in [0.717, 1.165) is 11.0 Å². The van der Waals surface area contributed by atoms with Gasteiger partial charge in [0.1, 0.15) is 34.7 Å². The third-order valence-electron chi connectivity index (χ3n) is 8.13. The zero-order valence-corrected chi connectivity index (χ0v) is 26.4. The van der Waals surface area contributed by atoms with Crippen LogP contribution in [0.15, 0.2) is 79.3 Å². The van der Waals surface area contributed by atoms with E-state index in [2.05, 4.69) is 103 Å². The second-order valence-electron chi connectivity index (χ2n) is 12.4. The van der Waals surface area contributed by atoms with Crippen molar-refractivity contribution in [3.63, 3.8) is 0 Å². The third-order valence-corrected chi connectivity index (χ3v) is 15.0. The maximum absolute atomic E-state index is 7.43. The van der Waals surface area contributed by atoms with Crippen LogP contribution in [-0.4, -0.2) is 52.2 Å². The number of hydrogen-bond acceptors (Lipinski definition) is 6. The summed E-state index contributed by atoms with van der Waals surface area (Å²) in [4.78, 5) is 8.74. The van der Waals surface area contributed by atoms with Crippen molar-refractivity contribution in [3.8, 4) is 0 Å². The minimum absolute atomic E-state index is 0.0667. The summed E-state index contributed by atoms with van der Waals surface area (Å²) >= 11 is 8.24. The molecule has 40 heavy (non-hydrogen) atoms. The molecule has 0 saturated carbocycles. The summed E-state index contributed by atoms with van der Waals surface area (Å²) in [5, 5.41) is 3.62. The predicted octanol–water partition coefficient (Wildman–Crippen LogP) is 6.19. The summed E-state index contributed by atoms with van der Waals surface area (Å²) in [6.45, 7) is 13.7. The van der Waals surface area contributed by atoms with Crippen molar-refractivity contribution in [1.29, 1.82) is 0 Å². The van der Waals surface area contributed by atoms with Crippen LogP contribution in [0.4, 0.5) is 0 Å². The highest BCUT2D eigenvalue weighted by Crippen LogP contribution is 2.57. The van der Waals surface area contributed by atoms with Gasteiger partial charge in [0.25, 0.3) is 8.32 Å². The van der Waals surface area contributed by atoms with Crippen LogP contribution in [0.2, 0.25) is 10.2 Å². The fourth-order valence-electron chi connectivity index (χ4n) is 6.37. The molecular formula is C31H36ClN3O3SSi. The fourth-order valence-corrected chi connectivity index (χ4v) is 12.9. The van der Waals surface area contributed by atoms with Crippen LogP contribution >= 0.6 is 23.4 Å². The van der Waals surface area contributed by atoms with E-state index < -0.39 is 14.1 Å². The Labute approximate surface area is 246 Å². The average molecular weight is 594 g/mol. The van der Waals surface area contributed by atoms with E-state index in [-0.39, 0.29) is 27.4 Å². The van der Waals surface area contributed by atoms with Gasteiger partial charge in [-0.05, 0) is 42.2 Å². The van der Waals surface area contributed by atoms with Gasteiger partial charge in [0, 0.05) is 6.20 Å². The molecule has 6 rings (SSSR count). The van der Waals surface area contributed by atoms with Gasteiger partial charge in [-0.15, -0.1) is 11.8 Å². The summed E-state index contributed by atoms with van der Waals surface area (Å²) in [7, 11) is -2.74. The average Bonchev–Trinajstić information content (AvgIpc) is 3.56. The molecule has 2 aliphatic heterocycles. The maximum atomic E-state index is 7.43. The molecule has 2 aliphatic rings. The van der Waals surface area contributed by atoms with Crippen molar-refractivity contribution < 1.29 is 13.9 Å². The highest BCUT2D eigenvalue weighted by Gasteiger charge is 2.62. The smallest absolute Gasteiger partial charge is 0.261 e. The minimum Gasteiger partial charge on any atom is -0.406 e. The van der Waals surface area contributed by atoms with Crippen LogP contribution in [0.1, 0.15) is 46.9 Å². The Morgan fingerprint density at radius 3 is 2.17 bits per heavy atom. The molecule has 6 nitrogen and oxygen atoms in total. The summed E-state index contributed by atoms with van der Waals surface area (Å²) in [6.07, 6.45) is 3.19. The predicted molar refractivity (Wildman–Crippen MR) is 165 cm³/mol. The lowest BCUT2D eigenvalue weighted by atomic mass is 10.0. The molecule has 0 bridgehead atoms. The van der Waals surface area contributed by atoms with Gasteiger partial charge in [0.2, 0.25) is 0 Å². The van der Waals surface area contributed by atoms with Gasteiger partial charge in [0.15, 0.2) is 5.79 Å². The number of rotatable bonds is 6. The van der Waals surface area contributed by atoms with E-state index in [1.165, 1.54) is 16.7 Å². The molecule has 2 aromatic carbocycles. The second kappa shape index (κ2) is 9.96. The maximum Gasteiger partial charge on any atom is 0.261 e. The Bertz CT molecular complexity index is 1470. The minimum atomic E-state index is -2.74. The summed E-state index contributed by atoms with van der Waals surface area (Å²) in [6, 6.07) is 23.5. The summed E-state index contributed by atoms with van der Waals surface area (Å²) in [5.41, 5.74) is 0.793. The molecule has 4 heterocycles. The molecule has 9 heteroatoms. The number of nitrogens with zero attached hydrogens (tertiary/aromatic N) is 3. The molecule has 1 unspecified atom stereocenters. The quantitative estimate of drug-likeness (QED) is 0.196. The van der Waals surface area contributed by atoms with Crippen LogP contribution in [0.5, 0.6) is 0 Å². The first-order chi connectivity index (χ1) is 19.0. The Morgan fingerprint density at radius 1 is 0.950 bits per heavy atom. The molecule has 210 valence electrons. The Morgan fingerprint density at radius 2 is 1.57 bits per heavy atom. The van der Waals surface area contributed by atoms with Crippen molar-refractivity contribution in [2.75, 3.05) is 6.61 Å². The highest BCUT2D eigenvalue weighted by atomic mass is 35.5. The van der Waals surface area contributed by atoms with Crippen LogP contribution < -0.4 is 10.4 Å². The first-order valence-corrected chi connectivity index (χ1v) is 16.9. The molecule has 0 amide bonds. The van der Waals surface area contributed by atoms with Crippen molar-refractivity contribution in [3.05, 3.63) is 84.4 Å². The number of ether oxygens (including phenoxy) is 2. The lowest BCUT2D eigenvalue weighted by Crippen LogP contribution is -2.67.